The molecule has 5 heteroatoms. The first kappa shape index (κ1) is 10.8. The average molecular weight is 259 g/mol. The molecular formula is C10H7ClO2S2. The highest BCUT2D eigenvalue weighted by atomic mass is 35.5. The predicted molar refractivity (Wildman–Crippen MR) is 63.0 cm³/mol. The van der Waals surface area contributed by atoms with Gasteiger partial charge in [0.15, 0.2) is 11.5 Å². The largest absolute Gasteiger partial charge is 0.449 e. The van der Waals surface area contributed by atoms with Gasteiger partial charge < -0.3 is 4.42 Å². The lowest BCUT2D eigenvalue weighted by Gasteiger charge is -1.93. The maximum atomic E-state index is 10.5. The maximum Gasteiger partial charge on any atom is 0.193 e. The third kappa shape index (κ3) is 2.87. The van der Waals surface area contributed by atoms with Crippen molar-refractivity contribution in [2.24, 2.45) is 0 Å². The topological polar surface area (TPSA) is 30.2 Å². The van der Waals surface area contributed by atoms with E-state index in [9.17, 15) is 4.79 Å². The zero-order chi connectivity index (χ0) is 10.7. The molecule has 2 nitrogen and oxygen atoms in total. The van der Waals surface area contributed by atoms with Crippen LogP contribution in [0.4, 0.5) is 0 Å². The number of halogens is 1. The lowest BCUT2D eigenvalue weighted by molar-refractivity contribution is 0.112. The second kappa shape index (κ2) is 4.88. The first-order valence-corrected chi connectivity index (χ1v) is 6.43. The molecular weight excluding hydrogens is 252 g/mol. The zero-order valence-corrected chi connectivity index (χ0v) is 9.99. The summed E-state index contributed by atoms with van der Waals surface area (Å²) in [5.74, 6) is 1.56. The van der Waals surface area contributed by atoms with Gasteiger partial charge in [-0.25, -0.2) is 0 Å². The van der Waals surface area contributed by atoms with E-state index in [2.05, 4.69) is 0 Å². The highest BCUT2D eigenvalue weighted by molar-refractivity contribution is 7.98. The molecule has 2 aromatic rings. The number of carbonyl (C=O) groups is 1. The van der Waals surface area contributed by atoms with Crippen molar-refractivity contribution in [3.05, 3.63) is 39.4 Å². The normalized spacial score (nSPS) is 10.5. The predicted octanol–water partition coefficient (Wildman–Crippen LogP) is 4.10. The molecule has 0 fully saturated rings. The lowest BCUT2D eigenvalue weighted by atomic mass is 10.5. The monoisotopic (exact) mass is 258 g/mol. The fourth-order valence-corrected chi connectivity index (χ4v) is 2.95. The van der Waals surface area contributed by atoms with Crippen LogP contribution in [-0.2, 0) is 5.75 Å². The van der Waals surface area contributed by atoms with Crippen molar-refractivity contribution in [2.45, 2.75) is 10.6 Å². The van der Waals surface area contributed by atoms with Crippen molar-refractivity contribution >= 4 is 41.0 Å². The smallest absolute Gasteiger partial charge is 0.193 e. The zero-order valence-electron chi connectivity index (χ0n) is 7.60. The van der Waals surface area contributed by atoms with Gasteiger partial charge in [0.25, 0.3) is 0 Å². The van der Waals surface area contributed by atoms with E-state index in [1.807, 2.05) is 17.5 Å². The molecule has 0 aliphatic carbocycles. The van der Waals surface area contributed by atoms with Gasteiger partial charge in [-0.05, 0) is 29.8 Å². The molecule has 0 bridgehead atoms. The number of furan rings is 1. The summed E-state index contributed by atoms with van der Waals surface area (Å²) in [6, 6.07) is 5.44. The molecule has 0 amide bonds. The number of aldehydes is 1. The summed E-state index contributed by atoms with van der Waals surface area (Å²) >= 11 is 8.72. The first-order valence-electron chi connectivity index (χ1n) is 4.18. The van der Waals surface area contributed by atoms with Crippen LogP contribution in [0.1, 0.15) is 15.4 Å². The molecule has 0 atom stereocenters. The van der Waals surface area contributed by atoms with Crippen LogP contribution in [0.3, 0.4) is 0 Å². The maximum absolute atomic E-state index is 10.5. The molecule has 0 saturated carbocycles. The van der Waals surface area contributed by atoms with Crippen molar-refractivity contribution < 1.29 is 9.21 Å². The number of thioether (sulfide) groups is 1. The summed E-state index contributed by atoms with van der Waals surface area (Å²) in [5.41, 5.74) is 0. The van der Waals surface area contributed by atoms with E-state index in [4.69, 9.17) is 16.0 Å². The Morgan fingerprint density at radius 1 is 1.53 bits per heavy atom. The molecule has 0 N–H and O–H groups in total. The van der Waals surface area contributed by atoms with Crippen LogP contribution in [0, 0.1) is 0 Å². The Morgan fingerprint density at radius 2 is 2.40 bits per heavy atom. The Labute approximate surface area is 100 Å². The van der Waals surface area contributed by atoms with Gasteiger partial charge in [0.2, 0.25) is 0 Å². The Morgan fingerprint density at radius 3 is 3.00 bits per heavy atom. The van der Waals surface area contributed by atoms with E-state index in [0.29, 0.717) is 5.22 Å². The third-order valence-corrected chi connectivity index (χ3v) is 3.93. The molecule has 2 heterocycles. The van der Waals surface area contributed by atoms with Crippen LogP contribution in [-0.4, -0.2) is 6.29 Å². The number of hydrogen-bond donors (Lipinski definition) is 0. The Kier molecular flexibility index (Phi) is 3.51. The minimum atomic E-state index is 0.407. The Balaban J connectivity index is 1.95. The molecule has 0 saturated heterocycles. The average Bonchev–Trinajstić information content (AvgIpc) is 2.83. The van der Waals surface area contributed by atoms with Crippen LogP contribution >= 0.6 is 34.7 Å². The van der Waals surface area contributed by atoms with E-state index in [1.54, 1.807) is 17.8 Å². The molecule has 0 aliphatic rings. The molecule has 2 rings (SSSR count). The van der Waals surface area contributed by atoms with Crippen molar-refractivity contribution in [1.82, 2.24) is 0 Å². The Hall–Kier alpha value is -0.710. The van der Waals surface area contributed by atoms with Crippen molar-refractivity contribution in [2.75, 3.05) is 0 Å². The minimum absolute atomic E-state index is 0.407. The standard InChI is InChI=1S/C10H7ClO2S2/c11-10-2-1-7(13-10)5-14-9-3-8(4-12)15-6-9/h1-4,6H,5H2. The van der Waals surface area contributed by atoms with E-state index in [0.717, 1.165) is 27.6 Å². The van der Waals surface area contributed by atoms with Crippen LogP contribution < -0.4 is 0 Å². The fourth-order valence-electron chi connectivity index (χ4n) is 1.06. The number of thiophene rings is 1. The summed E-state index contributed by atoms with van der Waals surface area (Å²) in [4.78, 5) is 12.3. The second-order valence-electron chi connectivity index (χ2n) is 2.80. The van der Waals surface area contributed by atoms with E-state index in [1.165, 1.54) is 11.3 Å². The van der Waals surface area contributed by atoms with Crippen molar-refractivity contribution in [3.8, 4) is 0 Å². The molecule has 0 spiro atoms. The van der Waals surface area contributed by atoms with Crippen LogP contribution in [0.25, 0.3) is 0 Å². The highest BCUT2D eigenvalue weighted by Crippen LogP contribution is 2.28. The van der Waals surface area contributed by atoms with Gasteiger partial charge >= 0.3 is 0 Å². The summed E-state index contributed by atoms with van der Waals surface area (Å²) in [6.45, 7) is 0. The van der Waals surface area contributed by atoms with Gasteiger partial charge in [0, 0.05) is 10.3 Å². The van der Waals surface area contributed by atoms with Gasteiger partial charge in [-0.15, -0.1) is 23.1 Å². The molecule has 2 aromatic heterocycles. The molecule has 0 radical (unpaired) electrons. The molecule has 78 valence electrons. The quantitative estimate of drug-likeness (QED) is 0.611. The second-order valence-corrected chi connectivity index (χ2v) is 5.16. The molecule has 0 aromatic carbocycles. The minimum Gasteiger partial charge on any atom is -0.449 e. The SMILES string of the molecule is O=Cc1cc(SCc2ccc(Cl)o2)cs1. The van der Waals surface area contributed by atoms with Crippen molar-refractivity contribution in [1.29, 1.82) is 0 Å². The van der Waals surface area contributed by atoms with Crippen LogP contribution in [0.2, 0.25) is 5.22 Å². The highest BCUT2D eigenvalue weighted by Gasteiger charge is 2.03. The number of carbonyl (C=O) groups excluding carboxylic acids is 1. The van der Waals surface area contributed by atoms with Gasteiger partial charge in [-0.3, -0.25) is 4.79 Å². The lowest BCUT2D eigenvalue weighted by Crippen LogP contribution is -1.73. The third-order valence-electron chi connectivity index (χ3n) is 1.72. The first-order chi connectivity index (χ1) is 7.28. The Bertz CT molecular complexity index is 461. The summed E-state index contributed by atoms with van der Waals surface area (Å²) in [5, 5.41) is 2.36. The molecule has 0 unspecified atom stereocenters. The molecule has 0 aliphatic heterocycles. The fraction of sp³-hybridized carbons (Fsp3) is 0.100. The van der Waals surface area contributed by atoms with Gasteiger partial charge in [-0.2, -0.15) is 0 Å². The summed E-state index contributed by atoms with van der Waals surface area (Å²) in [6.07, 6.45) is 0.860. The number of hydrogen-bond acceptors (Lipinski definition) is 4. The summed E-state index contributed by atoms with van der Waals surface area (Å²) in [7, 11) is 0. The number of rotatable bonds is 4. The van der Waals surface area contributed by atoms with E-state index >= 15 is 0 Å². The van der Waals surface area contributed by atoms with E-state index < -0.39 is 0 Å². The van der Waals surface area contributed by atoms with Gasteiger partial charge in [-0.1, -0.05) is 0 Å². The molecule has 15 heavy (non-hydrogen) atoms. The van der Waals surface area contributed by atoms with Gasteiger partial charge in [0.05, 0.1) is 10.6 Å². The van der Waals surface area contributed by atoms with Crippen LogP contribution in [0.15, 0.2) is 32.9 Å². The summed E-state index contributed by atoms with van der Waals surface area (Å²) < 4.78 is 5.22. The van der Waals surface area contributed by atoms with Crippen LogP contribution in [0.5, 0.6) is 0 Å². The van der Waals surface area contributed by atoms with E-state index in [-0.39, 0.29) is 0 Å². The van der Waals surface area contributed by atoms with Crippen molar-refractivity contribution in [3.63, 3.8) is 0 Å². The van der Waals surface area contributed by atoms with Gasteiger partial charge in [0.1, 0.15) is 5.76 Å².